The third-order valence-electron chi connectivity index (χ3n) is 4.41. The fourth-order valence-corrected chi connectivity index (χ4v) is 4.48. The first-order chi connectivity index (χ1) is 12.3. The first-order valence-corrected chi connectivity index (χ1v) is 9.76. The molecule has 140 valence electrons. The molecule has 26 heavy (non-hydrogen) atoms. The highest BCUT2D eigenvalue weighted by Gasteiger charge is 2.34. The fourth-order valence-electron chi connectivity index (χ4n) is 2.93. The number of aromatic nitrogens is 2. The van der Waals surface area contributed by atoms with Crippen LogP contribution in [0.1, 0.15) is 23.0 Å². The Hall–Kier alpha value is -2.55. The fraction of sp³-hybridized carbons (Fsp3) is 0.412. The Bertz CT molecular complexity index is 952. The molecule has 1 amide bonds. The number of hydrogen-bond donors (Lipinski definition) is 0. The normalized spacial score (nSPS) is 13.9. The van der Waals surface area contributed by atoms with Crippen molar-refractivity contribution in [1.29, 1.82) is 0 Å². The van der Waals surface area contributed by atoms with Gasteiger partial charge < -0.3 is 9.64 Å². The number of ether oxygens (including phenoxy) is 1. The number of sulfonamides is 1. The second kappa shape index (κ2) is 6.64. The van der Waals surface area contributed by atoms with Crippen LogP contribution in [0, 0.1) is 6.92 Å². The molecule has 1 aromatic heterocycles. The quantitative estimate of drug-likeness (QED) is 0.803. The SMILES string of the molecule is CCN(C)C(=O)c1cccc(S(=O)(=O)N2CCOc3c2c(C)nn3C)c1. The Labute approximate surface area is 153 Å². The maximum absolute atomic E-state index is 13.2. The van der Waals surface area contributed by atoms with Gasteiger partial charge in [-0.15, -0.1) is 0 Å². The van der Waals surface area contributed by atoms with Crippen molar-refractivity contribution < 1.29 is 17.9 Å². The summed E-state index contributed by atoms with van der Waals surface area (Å²) in [5, 5.41) is 4.25. The molecule has 0 aliphatic carbocycles. The van der Waals surface area contributed by atoms with E-state index in [0.29, 0.717) is 29.4 Å². The van der Waals surface area contributed by atoms with Crippen molar-refractivity contribution in [2.24, 2.45) is 7.05 Å². The second-order valence-corrected chi connectivity index (χ2v) is 8.00. The highest BCUT2D eigenvalue weighted by Crippen LogP contribution is 2.37. The Morgan fingerprint density at radius 3 is 2.81 bits per heavy atom. The highest BCUT2D eigenvalue weighted by atomic mass is 32.2. The van der Waals surface area contributed by atoms with E-state index in [-0.39, 0.29) is 24.0 Å². The molecule has 2 aromatic rings. The number of nitrogens with zero attached hydrogens (tertiary/aromatic N) is 4. The van der Waals surface area contributed by atoms with Gasteiger partial charge in [-0.05, 0) is 32.0 Å². The summed E-state index contributed by atoms with van der Waals surface area (Å²) >= 11 is 0. The minimum absolute atomic E-state index is 0.0731. The topological polar surface area (TPSA) is 84.7 Å². The molecule has 0 saturated heterocycles. The number of anilines is 1. The van der Waals surface area contributed by atoms with Crippen molar-refractivity contribution in [2.45, 2.75) is 18.7 Å². The number of carbonyl (C=O) groups excluding carboxylic acids is 1. The zero-order valence-electron chi connectivity index (χ0n) is 15.3. The molecule has 8 nitrogen and oxygen atoms in total. The summed E-state index contributed by atoms with van der Waals surface area (Å²) in [7, 11) is -0.456. The zero-order valence-corrected chi connectivity index (χ0v) is 16.1. The van der Waals surface area contributed by atoms with Crippen molar-refractivity contribution in [2.75, 3.05) is 31.0 Å². The summed E-state index contributed by atoms with van der Waals surface area (Å²) in [6.45, 7) is 4.57. The third-order valence-corrected chi connectivity index (χ3v) is 6.21. The van der Waals surface area contributed by atoms with Crippen molar-refractivity contribution in [3.63, 3.8) is 0 Å². The molecule has 0 N–H and O–H groups in total. The van der Waals surface area contributed by atoms with E-state index in [1.165, 1.54) is 26.0 Å². The number of benzene rings is 1. The molecule has 1 aliphatic rings. The summed E-state index contributed by atoms with van der Waals surface area (Å²) in [6, 6.07) is 6.12. The van der Waals surface area contributed by atoms with Crippen molar-refractivity contribution in [3.05, 3.63) is 35.5 Å². The average molecular weight is 378 g/mol. The molecule has 0 fully saturated rings. The van der Waals surface area contributed by atoms with Crippen LogP contribution in [0.25, 0.3) is 0 Å². The molecule has 0 atom stereocenters. The first kappa shape index (κ1) is 18.2. The lowest BCUT2D eigenvalue weighted by atomic mass is 10.2. The largest absolute Gasteiger partial charge is 0.474 e. The monoisotopic (exact) mass is 378 g/mol. The maximum atomic E-state index is 13.2. The van der Waals surface area contributed by atoms with E-state index in [4.69, 9.17) is 4.74 Å². The van der Waals surface area contributed by atoms with Crippen molar-refractivity contribution in [1.82, 2.24) is 14.7 Å². The van der Waals surface area contributed by atoms with Crippen LogP contribution in [0.5, 0.6) is 5.88 Å². The molecular formula is C17H22N4O4S. The maximum Gasteiger partial charge on any atom is 0.264 e. The predicted molar refractivity (Wildman–Crippen MR) is 97.0 cm³/mol. The van der Waals surface area contributed by atoms with Gasteiger partial charge in [-0.25, -0.2) is 13.1 Å². The van der Waals surface area contributed by atoms with Gasteiger partial charge in [-0.2, -0.15) is 5.10 Å². The van der Waals surface area contributed by atoms with Crippen LogP contribution >= 0.6 is 0 Å². The molecule has 1 aliphatic heterocycles. The molecule has 0 radical (unpaired) electrons. The summed E-state index contributed by atoms with van der Waals surface area (Å²) in [5.74, 6) is 0.208. The molecule has 0 spiro atoms. The van der Waals surface area contributed by atoms with E-state index in [9.17, 15) is 13.2 Å². The number of amides is 1. The van der Waals surface area contributed by atoms with Gasteiger partial charge in [-0.3, -0.25) is 9.10 Å². The van der Waals surface area contributed by atoms with Gasteiger partial charge in [0.25, 0.3) is 15.9 Å². The summed E-state index contributed by atoms with van der Waals surface area (Å²) in [6.07, 6.45) is 0. The van der Waals surface area contributed by atoms with E-state index in [1.54, 1.807) is 33.2 Å². The summed E-state index contributed by atoms with van der Waals surface area (Å²) in [5.41, 5.74) is 1.36. The van der Waals surface area contributed by atoms with Gasteiger partial charge in [0, 0.05) is 26.2 Å². The van der Waals surface area contributed by atoms with Gasteiger partial charge in [0.1, 0.15) is 12.3 Å². The number of fused-ring (bicyclic) bond motifs is 1. The van der Waals surface area contributed by atoms with Crippen LogP contribution in [-0.4, -0.2) is 55.7 Å². The van der Waals surface area contributed by atoms with Crippen LogP contribution in [0.3, 0.4) is 0 Å². The van der Waals surface area contributed by atoms with Crippen LogP contribution in [0.2, 0.25) is 0 Å². The molecule has 2 heterocycles. The van der Waals surface area contributed by atoms with Gasteiger partial charge in [0.05, 0.1) is 17.1 Å². The van der Waals surface area contributed by atoms with E-state index in [2.05, 4.69) is 5.10 Å². The van der Waals surface area contributed by atoms with Crippen LogP contribution in [0.4, 0.5) is 5.69 Å². The third kappa shape index (κ3) is 2.92. The predicted octanol–water partition coefficient (Wildman–Crippen LogP) is 1.41. The van der Waals surface area contributed by atoms with Gasteiger partial charge >= 0.3 is 0 Å². The van der Waals surface area contributed by atoms with Crippen LogP contribution < -0.4 is 9.04 Å². The number of hydrogen-bond acceptors (Lipinski definition) is 5. The molecule has 9 heteroatoms. The minimum Gasteiger partial charge on any atom is -0.474 e. The lowest BCUT2D eigenvalue weighted by Crippen LogP contribution is -2.38. The zero-order chi connectivity index (χ0) is 19.1. The van der Waals surface area contributed by atoms with Gasteiger partial charge in [-0.1, -0.05) is 6.07 Å². The Balaban J connectivity index is 2.04. The second-order valence-electron chi connectivity index (χ2n) is 6.14. The van der Waals surface area contributed by atoms with E-state index in [1.807, 2.05) is 6.92 Å². The Morgan fingerprint density at radius 2 is 2.12 bits per heavy atom. The van der Waals surface area contributed by atoms with E-state index < -0.39 is 10.0 Å². The molecule has 0 saturated carbocycles. The average Bonchev–Trinajstić information content (AvgIpc) is 2.94. The number of carbonyl (C=O) groups is 1. The lowest BCUT2D eigenvalue weighted by Gasteiger charge is -2.28. The van der Waals surface area contributed by atoms with Crippen molar-refractivity contribution in [3.8, 4) is 5.88 Å². The smallest absolute Gasteiger partial charge is 0.264 e. The Morgan fingerprint density at radius 1 is 1.38 bits per heavy atom. The summed E-state index contributed by atoms with van der Waals surface area (Å²) < 4.78 is 34.9. The van der Waals surface area contributed by atoms with Gasteiger partial charge in [0.2, 0.25) is 5.88 Å². The summed E-state index contributed by atoms with van der Waals surface area (Å²) in [4.78, 5) is 14.0. The lowest BCUT2D eigenvalue weighted by molar-refractivity contribution is 0.0802. The van der Waals surface area contributed by atoms with Crippen LogP contribution in [0.15, 0.2) is 29.2 Å². The van der Waals surface area contributed by atoms with Crippen LogP contribution in [-0.2, 0) is 17.1 Å². The molecule has 1 aromatic carbocycles. The number of aryl methyl sites for hydroxylation is 2. The van der Waals surface area contributed by atoms with E-state index >= 15 is 0 Å². The molecule has 0 bridgehead atoms. The van der Waals surface area contributed by atoms with Gasteiger partial charge in [0.15, 0.2) is 0 Å². The molecule has 3 rings (SSSR count). The number of rotatable bonds is 4. The molecule has 0 unspecified atom stereocenters. The Kier molecular flexibility index (Phi) is 4.66. The first-order valence-electron chi connectivity index (χ1n) is 8.32. The van der Waals surface area contributed by atoms with Crippen molar-refractivity contribution >= 4 is 21.6 Å². The molecular weight excluding hydrogens is 356 g/mol. The van der Waals surface area contributed by atoms with E-state index in [0.717, 1.165) is 0 Å². The highest BCUT2D eigenvalue weighted by molar-refractivity contribution is 7.92. The standard InChI is InChI=1S/C17H22N4O4S/c1-5-19(3)16(22)13-7-6-8-14(11-13)26(23,24)21-9-10-25-17-15(21)12(2)18-20(17)4/h6-8,11H,5,9-10H2,1-4H3. The minimum atomic E-state index is -3.84.